The Morgan fingerprint density at radius 1 is 1.35 bits per heavy atom. The van der Waals surface area contributed by atoms with Gasteiger partial charge in [-0.05, 0) is 19.1 Å². The Hall–Kier alpha value is -2.24. The maximum atomic E-state index is 12.2. The lowest BCUT2D eigenvalue weighted by Crippen LogP contribution is -2.51. The van der Waals surface area contributed by atoms with Crippen molar-refractivity contribution in [3.8, 4) is 5.75 Å². The summed E-state index contributed by atoms with van der Waals surface area (Å²) in [5.74, 6) is 0.510. The second-order valence-electron chi connectivity index (χ2n) is 4.80. The van der Waals surface area contributed by atoms with Crippen molar-refractivity contribution in [3.63, 3.8) is 0 Å². The molecule has 1 atom stereocenters. The molecule has 20 heavy (non-hydrogen) atoms. The molecule has 0 aromatic heterocycles. The molecule has 0 radical (unpaired) electrons. The molecule has 1 fully saturated rings. The summed E-state index contributed by atoms with van der Waals surface area (Å²) in [6.07, 6.45) is 0.244. The Labute approximate surface area is 118 Å². The Bertz CT molecular complexity index is 484. The van der Waals surface area contributed by atoms with Crippen LogP contribution in [0.4, 0.5) is 5.69 Å². The van der Waals surface area contributed by atoms with Gasteiger partial charge in [0.05, 0.1) is 0 Å². The van der Waals surface area contributed by atoms with Crippen LogP contribution in [0.2, 0.25) is 0 Å². The number of rotatable bonds is 4. The molecule has 2 N–H and O–H groups in total. The first-order valence-corrected chi connectivity index (χ1v) is 6.60. The molecule has 1 unspecified atom stereocenters. The third-order valence-corrected chi connectivity index (χ3v) is 3.29. The summed E-state index contributed by atoms with van der Waals surface area (Å²) in [6.45, 7) is 3.95. The second kappa shape index (κ2) is 6.27. The first-order chi connectivity index (χ1) is 9.60. The number of carbonyl (C=O) groups is 2. The van der Waals surface area contributed by atoms with E-state index in [4.69, 9.17) is 10.5 Å². The Morgan fingerprint density at radius 3 is 2.65 bits per heavy atom. The van der Waals surface area contributed by atoms with Crippen LogP contribution in [-0.2, 0) is 9.59 Å². The number of ether oxygens (including phenoxy) is 1. The second-order valence-corrected chi connectivity index (χ2v) is 4.80. The van der Waals surface area contributed by atoms with Crippen LogP contribution in [0.25, 0.3) is 0 Å². The van der Waals surface area contributed by atoms with E-state index >= 15 is 0 Å². The van der Waals surface area contributed by atoms with Gasteiger partial charge in [0.1, 0.15) is 5.75 Å². The number of amides is 2. The average molecular weight is 277 g/mol. The molecule has 0 aliphatic carbocycles. The van der Waals surface area contributed by atoms with Crippen LogP contribution in [0.15, 0.2) is 24.3 Å². The minimum Gasteiger partial charge on any atom is -0.481 e. The van der Waals surface area contributed by atoms with E-state index in [9.17, 15) is 9.59 Å². The SMILES string of the molecule is CC(Oc1cccc(N)c1)C(=O)N1CCN(C=O)CC1. The summed E-state index contributed by atoms with van der Waals surface area (Å²) in [7, 11) is 0. The molecule has 0 bridgehead atoms. The first-order valence-electron chi connectivity index (χ1n) is 6.60. The normalized spacial score (nSPS) is 16.6. The molecule has 0 saturated carbocycles. The zero-order valence-corrected chi connectivity index (χ0v) is 11.5. The zero-order valence-electron chi connectivity index (χ0n) is 11.5. The third-order valence-electron chi connectivity index (χ3n) is 3.29. The van der Waals surface area contributed by atoms with Crippen LogP contribution < -0.4 is 10.5 Å². The summed E-state index contributed by atoms with van der Waals surface area (Å²) in [5, 5.41) is 0. The van der Waals surface area contributed by atoms with Crippen molar-refractivity contribution in [2.24, 2.45) is 0 Å². The number of benzene rings is 1. The molecule has 1 heterocycles. The van der Waals surface area contributed by atoms with Gasteiger partial charge in [-0.1, -0.05) is 6.07 Å². The van der Waals surface area contributed by atoms with Gasteiger partial charge in [0, 0.05) is 37.9 Å². The number of hydrogen-bond donors (Lipinski definition) is 1. The average Bonchev–Trinajstić information content (AvgIpc) is 2.46. The molecule has 6 nitrogen and oxygen atoms in total. The molecule has 1 aliphatic heterocycles. The smallest absolute Gasteiger partial charge is 0.263 e. The van der Waals surface area contributed by atoms with Gasteiger partial charge in [0.2, 0.25) is 6.41 Å². The fraction of sp³-hybridized carbons (Fsp3) is 0.429. The van der Waals surface area contributed by atoms with E-state index in [1.165, 1.54) is 0 Å². The van der Waals surface area contributed by atoms with E-state index in [0.717, 1.165) is 6.41 Å². The predicted molar refractivity (Wildman–Crippen MR) is 75.2 cm³/mol. The number of nitrogens with zero attached hydrogens (tertiary/aromatic N) is 2. The lowest BCUT2D eigenvalue weighted by molar-refractivity contribution is -0.141. The number of piperazine rings is 1. The monoisotopic (exact) mass is 277 g/mol. The van der Waals surface area contributed by atoms with Crippen molar-refractivity contribution in [2.45, 2.75) is 13.0 Å². The zero-order chi connectivity index (χ0) is 14.5. The van der Waals surface area contributed by atoms with Crippen molar-refractivity contribution >= 4 is 18.0 Å². The van der Waals surface area contributed by atoms with Crippen molar-refractivity contribution < 1.29 is 14.3 Å². The number of hydrogen-bond acceptors (Lipinski definition) is 4. The largest absolute Gasteiger partial charge is 0.481 e. The molecule has 2 rings (SSSR count). The lowest BCUT2D eigenvalue weighted by Gasteiger charge is -2.34. The molecule has 1 saturated heterocycles. The van der Waals surface area contributed by atoms with Gasteiger partial charge in [-0.3, -0.25) is 9.59 Å². The van der Waals surface area contributed by atoms with Crippen LogP contribution >= 0.6 is 0 Å². The van der Waals surface area contributed by atoms with Gasteiger partial charge in [-0.2, -0.15) is 0 Å². The highest BCUT2D eigenvalue weighted by Gasteiger charge is 2.25. The highest BCUT2D eigenvalue weighted by Crippen LogP contribution is 2.17. The number of anilines is 1. The Morgan fingerprint density at radius 2 is 2.05 bits per heavy atom. The summed E-state index contributed by atoms with van der Waals surface area (Å²) < 4.78 is 5.61. The molecular formula is C14H19N3O3. The van der Waals surface area contributed by atoms with Crippen LogP contribution in [0.1, 0.15) is 6.92 Å². The molecule has 1 aromatic rings. The van der Waals surface area contributed by atoms with Gasteiger partial charge in [0.15, 0.2) is 6.10 Å². The molecule has 108 valence electrons. The van der Waals surface area contributed by atoms with Crippen molar-refractivity contribution in [1.82, 2.24) is 9.80 Å². The van der Waals surface area contributed by atoms with Crippen LogP contribution in [-0.4, -0.2) is 54.4 Å². The number of nitrogen functional groups attached to an aromatic ring is 1. The quantitative estimate of drug-likeness (QED) is 0.636. The topological polar surface area (TPSA) is 75.9 Å². The van der Waals surface area contributed by atoms with Gasteiger partial charge < -0.3 is 20.3 Å². The van der Waals surface area contributed by atoms with E-state index in [1.807, 2.05) is 0 Å². The summed E-state index contributed by atoms with van der Waals surface area (Å²) in [6, 6.07) is 7.00. The first kappa shape index (κ1) is 14.2. The van der Waals surface area contributed by atoms with E-state index in [0.29, 0.717) is 37.6 Å². The van der Waals surface area contributed by atoms with Crippen LogP contribution in [0.3, 0.4) is 0 Å². The minimum absolute atomic E-state index is 0.0713. The lowest BCUT2D eigenvalue weighted by atomic mass is 10.2. The molecule has 6 heteroatoms. The van der Waals surface area contributed by atoms with Gasteiger partial charge in [0.25, 0.3) is 5.91 Å². The number of carbonyl (C=O) groups excluding carboxylic acids is 2. The predicted octanol–water partition coefficient (Wildman–Crippen LogP) is 0.337. The van der Waals surface area contributed by atoms with E-state index < -0.39 is 6.10 Å². The van der Waals surface area contributed by atoms with E-state index in [-0.39, 0.29) is 5.91 Å². The van der Waals surface area contributed by atoms with Gasteiger partial charge >= 0.3 is 0 Å². The third kappa shape index (κ3) is 3.40. The highest BCUT2D eigenvalue weighted by atomic mass is 16.5. The molecule has 1 aliphatic rings. The molecular weight excluding hydrogens is 258 g/mol. The summed E-state index contributed by atoms with van der Waals surface area (Å²) >= 11 is 0. The standard InChI is InChI=1S/C14H19N3O3/c1-11(20-13-4-2-3-12(15)9-13)14(19)17-7-5-16(10-18)6-8-17/h2-4,9-11H,5-8,15H2,1H3. The Balaban J connectivity index is 1.90. The summed E-state index contributed by atoms with van der Waals surface area (Å²) in [5.41, 5.74) is 6.27. The fourth-order valence-electron chi connectivity index (χ4n) is 2.15. The minimum atomic E-state index is -0.570. The summed E-state index contributed by atoms with van der Waals surface area (Å²) in [4.78, 5) is 26.3. The molecule has 2 amide bonds. The van der Waals surface area contributed by atoms with Crippen LogP contribution in [0.5, 0.6) is 5.75 Å². The van der Waals surface area contributed by atoms with Gasteiger partial charge in [-0.25, -0.2) is 0 Å². The molecule has 0 spiro atoms. The van der Waals surface area contributed by atoms with Gasteiger partial charge in [-0.15, -0.1) is 0 Å². The highest BCUT2D eigenvalue weighted by molar-refractivity contribution is 5.81. The maximum Gasteiger partial charge on any atom is 0.263 e. The van der Waals surface area contributed by atoms with Crippen molar-refractivity contribution in [3.05, 3.63) is 24.3 Å². The van der Waals surface area contributed by atoms with Crippen molar-refractivity contribution in [2.75, 3.05) is 31.9 Å². The maximum absolute atomic E-state index is 12.2. The molecule has 1 aromatic carbocycles. The number of nitrogens with two attached hydrogens (primary N) is 1. The van der Waals surface area contributed by atoms with Crippen molar-refractivity contribution in [1.29, 1.82) is 0 Å². The van der Waals surface area contributed by atoms with E-state index in [2.05, 4.69) is 0 Å². The van der Waals surface area contributed by atoms with Crippen LogP contribution in [0, 0.1) is 0 Å². The van der Waals surface area contributed by atoms with E-state index in [1.54, 1.807) is 41.0 Å². The fourth-order valence-corrected chi connectivity index (χ4v) is 2.15. The Kier molecular flexibility index (Phi) is 4.45.